The molecule has 1 aliphatic carbocycles. The summed E-state index contributed by atoms with van der Waals surface area (Å²) in [5.74, 6) is 0.646. The number of primary amides is 1. The molecule has 1 aliphatic rings. The van der Waals surface area contributed by atoms with Crippen LogP contribution in [0.15, 0.2) is 47.8 Å². The van der Waals surface area contributed by atoms with Gasteiger partial charge in [0, 0.05) is 16.5 Å². The summed E-state index contributed by atoms with van der Waals surface area (Å²) in [7, 11) is 0. The fraction of sp³-hybridized carbons (Fsp3) is 0.350. The van der Waals surface area contributed by atoms with Gasteiger partial charge in [0.15, 0.2) is 6.20 Å². The Morgan fingerprint density at radius 2 is 2.07 bits per heavy atom. The predicted molar refractivity (Wildman–Crippen MR) is 108 cm³/mol. The SMILES string of the molecule is CSc1ccc(-c2nc3c[n+](CC(N)=O)ccn3c2NC2CCCC2)cc1. The summed E-state index contributed by atoms with van der Waals surface area (Å²) in [5.41, 5.74) is 8.14. The molecule has 6 nitrogen and oxygen atoms in total. The van der Waals surface area contributed by atoms with Crippen molar-refractivity contribution in [3.63, 3.8) is 0 Å². The molecular formula is C20H24N5OS+. The molecule has 7 heteroatoms. The Labute approximate surface area is 162 Å². The third-order valence-electron chi connectivity index (χ3n) is 5.02. The average Bonchev–Trinajstić information content (AvgIpc) is 3.30. The molecule has 1 fully saturated rings. The largest absolute Gasteiger partial charge is 0.367 e. The summed E-state index contributed by atoms with van der Waals surface area (Å²) in [6.07, 6.45) is 12.7. The predicted octanol–water partition coefficient (Wildman–Crippen LogP) is 2.85. The lowest BCUT2D eigenvalue weighted by atomic mass is 10.1. The van der Waals surface area contributed by atoms with Crippen LogP contribution >= 0.6 is 11.8 Å². The Balaban J connectivity index is 1.79. The van der Waals surface area contributed by atoms with Crippen LogP contribution in [0.25, 0.3) is 16.9 Å². The van der Waals surface area contributed by atoms with Crippen LogP contribution in [0.2, 0.25) is 0 Å². The molecule has 0 aliphatic heterocycles. The molecule has 3 N–H and O–H groups in total. The number of amides is 1. The van der Waals surface area contributed by atoms with E-state index in [0.717, 1.165) is 22.7 Å². The Morgan fingerprint density at radius 3 is 2.74 bits per heavy atom. The van der Waals surface area contributed by atoms with Crippen molar-refractivity contribution in [2.75, 3.05) is 11.6 Å². The number of imidazole rings is 1. The molecule has 140 valence electrons. The second kappa shape index (κ2) is 7.60. The van der Waals surface area contributed by atoms with Gasteiger partial charge in [-0.05, 0) is 31.2 Å². The van der Waals surface area contributed by atoms with Gasteiger partial charge >= 0.3 is 0 Å². The molecule has 0 atom stereocenters. The average molecular weight is 383 g/mol. The summed E-state index contributed by atoms with van der Waals surface area (Å²) in [4.78, 5) is 17.3. The van der Waals surface area contributed by atoms with Crippen LogP contribution in [-0.4, -0.2) is 27.6 Å². The van der Waals surface area contributed by atoms with Crippen molar-refractivity contribution in [3.8, 4) is 11.3 Å². The Kier molecular flexibility index (Phi) is 5.03. The number of hydrogen-bond acceptors (Lipinski definition) is 4. The molecule has 1 saturated carbocycles. The van der Waals surface area contributed by atoms with E-state index in [2.05, 4.69) is 40.2 Å². The minimum absolute atomic E-state index is 0.145. The number of carbonyl (C=O) groups is 1. The fourth-order valence-electron chi connectivity index (χ4n) is 3.67. The Bertz CT molecular complexity index is 960. The second-order valence-corrected chi connectivity index (χ2v) is 7.84. The molecule has 2 heterocycles. The van der Waals surface area contributed by atoms with E-state index in [1.54, 1.807) is 16.3 Å². The van der Waals surface area contributed by atoms with Gasteiger partial charge in [0.2, 0.25) is 18.4 Å². The molecule has 0 unspecified atom stereocenters. The third-order valence-corrected chi connectivity index (χ3v) is 5.77. The van der Waals surface area contributed by atoms with Crippen molar-refractivity contribution in [3.05, 3.63) is 42.9 Å². The quantitative estimate of drug-likeness (QED) is 0.508. The highest BCUT2D eigenvalue weighted by Gasteiger charge is 2.22. The number of anilines is 1. The first-order chi connectivity index (χ1) is 13.1. The zero-order valence-electron chi connectivity index (χ0n) is 15.4. The number of aromatic nitrogens is 3. The highest BCUT2D eigenvalue weighted by molar-refractivity contribution is 7.98. The number of nitrogens with zero attached hydrogens (tertiary/aromatic N) is 3. The van der Waals surface area contributed by atoms with Crippen LogP contribution in [0.3, 0.4) is 0 Å². The van der Waals surface area contributed by atoms with E-state index in [-0.39, 0.29) is 12.5 Å². The van der Waals surface area contributed by atoms with Crippen molar-refractivity contribution >= 4 is 29.1 Å². The highest BCUT2D eigenvalue weighted by Crippen LogP contribution is 2.32. The van der Waals surface area contributed by atoms with Crippen molar-refractivity contribution < 1.29 is 9.36 Å². The van der Waals surface area contributed by atoms with E-state index in [4.69, 9.17) is 10.7 Å². The van der Waals surface area contributed by atoms with Crippen LogP contribution in [0.4, 0.5) is 5.82 Å². The number of fused-ring (bicyclic) bond motifs is 1. The van der Waals surface area contributed by atoms with Gasteiger partial charge in [-0.15, -0.1) is 11.8 Å². The van der Waals surface area contributed by atoms with Gasteiger partial charge < -0.3 is 11.1 Å². The van der Waals surface area contributed by atoms with E-state index in [1.807, 2.05) is 18.6 Å². The molecule has 27 heavy (non-hydrogen) atoms. The van der Waals surface area contributed by atoms with Gasteiger partial charge in [-0.1, -0.05) is 25.0 Å². The van der Waals surface area contributed by atoms with Crippen molar-refractivity contribution in [1.29, 1.82) is 0 Å². The summed E-state index contributed by atoms with van der Waals surface area (Å²) in [5, 5.41) is 3.71. The maximum atomic E-state index is 11.2. The highest BCUT2D eigenvalue weighted by atomic mass is 32.2. The monoisotopic (exact) mass is 382 g/mol. The van der Waals surface area contributed by atoms with Gasteiger partial charge in [0.05, 0.1) is 6.20 Å². The lowest BCUT2D eigenvalue weighted by molar-refractivity contribution is -0.683. The Morgan fingerprint density at radius 1 is 1.33 bits per heavy atom. The fourth-order valence-corrected chi connectivity index (χ4v) is 4.07. The maximum Gasteiger partial charge on any atom is 0.283 e. The number of benzene rings is 1. The minimum Gasteiger partial charge on any atom is -0.367 e. The molecule has 2 aromatic heterocycles. The van der Waals surface area contributed by atoms with E-state index >= 15 is 0 Å². The van der Waals surface area contributed by atoms with Gasteiger partial charge in [-0.3, -0.25) is 9.20 Å². The van der Waals surface area contributed by atoms with Crippen LogP contribution < -0.4 is 15.6 Å². The van der Waals surface area contributed by atoms with Gasteiger partial charge in [0.1, 0.15) is 11.5 Å². The van der Waals surface area contributed by atoms with Crippen molar-refractivity contribution in [2.24, 2.45) is 5.73 Å². The maximum absolute atomic E-state index is 11.2. The number of hydrogen-bond donors (Lipinski definition) is 2. The first-order valence-corrected chi connectivity index (χ1v) is 10.5. The summed E-state index contributed by atoms with van der Waals surface area (Å²) < 4.78 is 3.83. The standard InChI is InChI=1S/C20H23N5OS/c1-27-16-8-6-14(7-9-16)19-20(22-15-4-2-3-5-15)25-11-10-24(12-17(21)26)13-18(25)23-19/h6-11,13,15H,2-5,12H2,1H3,(H2,21,26)/p+1. The van der Waals surface area contributed by atoms with Gasteiger partial charge in [-0.2, -0.15) is 4.57 Å². The topological polar surface area (TPSA) is 76.3 Å². The third kappa shape index (κ3) is 3.78. The minimum atomic E-state index is -0.368. The number of thioether (sulfide) groups is 1. The molecule has 0 radical (unpaired) electrons. The molecule has 0 spiro atoms. The summed E-state index contributed by atoms with van der Waals surface area (Å²) in [6.45, 7) is 0.145. The normalized spacial score (nSPS) is 14.7. The zero-order chi connectivity index (χ0) is 18.8. The van der Waals surface area contributed by atoms with Crippen molar-refractivity contribution in [2.45, 2.75) is 43.2 Å². The van der Waals surface area contributed by atoms with E-state index in [9.17, 15) is 4.79 Å². The molecule has 0 bridgehead atoms. The number of rotatable bonds is 6. The smallest absolute Gasteiger partial charge is 0.283 e. The number of carbonyl (C=O) groups excluding carboxylic acids is 1. The molecule has 4 rings (SSSR count). The molecular weight excluding hydrogens is 358 g/mol. The first-order valence-electron chi connectivity index (χ1n) is 9.24. The zero-order valence-corrected chi connectivity index (χ0v) is 16.2. The first kappa shape index (κ1) is 17.9. The van der Waals surface area contributed by atoms with E-state index in [1.165, 1.54) is 30.6 Å². The lowest BCUT2D eigenvalue weighted by Gasteiger charge is -2.14. The van der Waals surface area contributed by atoms with Crippen LogP contribution in [0, 0.1) is 0 Å². The number of nitrogens with two attached hydrogens (primary N) is 1. The van der Waals surface area contributed by atoms with Gasteiger partial charge in [-0.25, -0.2) is 4.98 Å². The molecule has 0 saturated heterocycles. The molecule has 1 amide bonds. The van der Waals surface area contributed by atoms with Crippen LogP contribution in [0.1, 0.15) is 25.7 Å². The second-order valence-electron chi connectivity index (χ2n) is 6.96. The summed E-state index contributed by atoms with van der Waals surface area (Å²) >= 11 is 1.73. The van der Waals surface area contributed by atoms with Gasteiger partial charge in [0.25, 0.3) is 5.91 Å². The van der Waals surface area contributed by atoms with E-state index in [0.29, 0.717) is 6.04 Å². The summed E-state index contributed by atoms with van der Waals surface area (Å²) in [6, 6.07) is 8.95. The molecule has 3 aromatic rings. The lowest BCUT2D eigenvalue weighted by Crippen LogP contribution is -2.40. The molecule has 1 aromatic carbocycles. The Hall–Kier alpha value is -2.54. The van der Waals surface area contributed by atoms with E-state index < -0.39 is 0 Å². The van der Waals surface area contributed by atoms with Crippen LogP contribution in [0.5, 0.6) is 0 Å². The number of nitrogens with one attached hydrogen (secondary N) is 1. The van der Waals surface area contributed by atoms with Crippen molar-refractivity contribution in [1.82, 2.24) is 9.38 Å². The van der Waals surface area contributed by atoms with Crippen LogP contribution in [-0.2, 0) is 11.3 Å².